The van der Waals surface area contributed by atoms with Gasteiger partial charge < -0.3 is 10.1 Å². The number of hydrogen-bond donors (Lipinski definition) is 1. The highest BCUT2D eigenvalue weighted by atomic mass is 35.5. The van der Waals surface area contributed by atoms with Gasteiger partial charge in [-0.2, -0.15) is 5.10 Å². The zero-order valence-electron chi connectivity index (χ0n) is 14.4. The van der Waals surface area contributed by atoms with E-state index in [1.54, 1.807) is 29.2 Å². The van der Waals surface area contributed by atoms with E-state index in [2.05, 4.69) is 15.4 Å². The fourth-order valence-corrected chi connectivity index (χ4v) is 2.87. The van der Waals surface area contributed by atoms with E-state index in [-0.39, 0.29) is 5.91 Å². The summed E-state index contributed by atoms with van der Waals surface area (Å²) in [5, 5.41) is 7.99. The Morgan fingerprint density at radius 1 is 1.15 bits per heavy atom. The molecule has 0 aliphatic rings. The molecule has 0 spiro atoms. The molecule has 0 saturated heterocycles. The van der Waals surface area contributed by atoms with E-state index in [1.807, 2.05) is 24.3 Å². The minimum Gasteiger partial charge on any atom is -0.492 e. The molecule has 2 aromatic carbocycles. The molecule has 0 bridgehead atoms. The molecule has 1 heterocycles. The van der Waals surface area contributed by atoms with Gasteiger partial charge in [0.15, 0.2) is 0 Å². The van der Waals surface area contributed by atoms with Crippen molar-refractivity contribution in [1.82, 2.24) is 20.1 Å². The number of ether oxygens (including phenoxy) is 1. The lowest BCUT2D eigenvalue weighted by Gasteiger charge is -2.09. The molecule has 1 aromatic heterocycles. The van der Waals surface area contributed by atoms with E-state index in [0.29, 0.717) is 41.8 Å². The molecule has 6 nitrogen and oxygen atoms in total. The van der Waals surface area contributed by atoms with E-state index in [0.717, 1.165) is 11.3 Å². The van der Waals surface area contributed by atoms with Crippen LogP contribution in [-0.2, 0) is 11.3 Å². The lowest BCUT2D eigenvalue weighted by molar-refractivity contribution is -0.121. The Morgan fingerprint density at radius 3 is 2.67 bits per heavy atom. The van der Waals surface area contributed by atoms with Gasteiger partial charge in [0.05, 0.1) is 17.3 Å². The maximum Gasteiger partial charge on any atom is 0.220 e. The summed E-state index contributed by atoms with van der Waals surface area (Å²) in [5.74, 6) is 0.537. The van der Waals surface area contributed by atoms with Gasteiger partial charge in [0, 0.05) is 18.0 Å². The predicted octanol–water partition coefficient (Wildman–Crippen LogP) is 4.05. The van der Waals surface area contributed by atoms with Crippen LogP contribution in [0.5, 0.6) is 5.75 Å². The van der Waals surface area contributed by atoms with Gasteiger partial charge in [-0.3, -0.25) is 4.79 Å². The molecule has 0 saturated carbocycles. The lowest BCUT2D eigenvalue weighted by Crippen LogP contribution is -2.23. The average Bonchev–Trinajstić information content (AvgIpc) is 3.20. The monoisotopic (exact) mass is 404 g/mol. The van der Waals surface area contributed by atoms with E-state index < -0.39 is 0 Å². The van der Waals surface area contributed by atoms with Gasteiger partial charge in [0.1, 0.15) is 18.4 Å². The fraction of sp³-hybridized carbons (Fsp3) is 0.211. The van der Waals surface area contributed by atoms with Crippen molar-refractivity contribution in [3.8, 4) is 11.4 Å². The van der Waals surface area contributed by atoms with Crippen LogP contribution < -0.4 is 10.1 Å². The Kier molecular flexibility index (Phi) is 6.68. The first kappa shape index (κ1) is 19.2. The van der Waals surface area contributed by atoms with Crippen molar-refractivity contribution >= 4 is 29.1 Å². The highest BCUT2D eigenvalue weighted by Gasteiger charge is 2.05. The Morgan fingerprint density at radius 2 is 1.96 bits per heavy atom. The molecule has 27 heavy (non-hydrogen) atoms. The molecule has 3 aromatic rings. The van der Waals surface area contributed by atoms with Gasteiger partial charge >= 0.3 is 0 Å². The standard InChI is InChI=1S/C19H18Cl2N4O2/c20-15-5-8-18(17(21)10-15)27-9-1-2-19(26)23-11-14-3-6-16(7-4-14)25-13-22-12-24-25/h3-8,10,12-13H,1-2,9,11H2,(H,23,26). The molecule has 0 fully saturated rings. The van der Waals surface area contributed by atoms with Crippen molar-refractivity contribution in [3.63, 3.8) is 0 Å². The van der Waals surface area contributed by atoms with Gasteiger partial charge in [-0.25, -0.2) is 9.67 Å². The van der Waals surface area contributed by atoms with Crippen molar-refractivity contribution in [2.45, 2.75) is 19.4 Å². The van der Waals surface area contributed by atoms with Gasteiger partial charge in [0.25, 0.3) is 0 Å². The summed E-state index contributed by atoms with van der Waals surface area (Å²) >= 11 is 11.9. The first-order valence-corrected chi connectivity index (χ1v) is 9.16. The van der Waals surface area contributed by atoms with E-state index in [9.17, 15) is 4.79 Å². The largest absolute Gasteiger partial charge is 0.492 e. The highest BCUT2D eigenvalue weighted by Crippen LogP contribution is 2.27. The SMILES string of the molecule is O=C(CCCOc1ccc(Cl)cc1Cl)NCc1ccc(-n2cncn2)cc1. The van der Waals surface area contributed by atoms with Gasteiger partial charge in [-0.15, -0.1) is 0 Å². The van der Waals surface area contributed by atoms with Crippen LogP contribution >= 0.6 is 23.2 Å². The third-order valence-electron chi connectivity index (χ3n) is 3.81. The normalized spacial score (nSPS) is 10.6. The number of nitrogens with zero attached hydrogens (tertiary/aromatic N) is 3. The summed E-state index contributed by atoms with van der Waals surface area (Å²) in [6.07, 6.45) is 4.09. The van der Waals surface area contributed by atoms with Crippen LogP contribution in [0.4, 0.5) is 0 Å². The van der Waals surface area contributed by atoms with Gasteiger partial charge in [-0.1, -0.05) is 35.3 Å². The Hall–Kier alpha value is -2.57. The Bertz CT molecular complexity index is 883. The van der Waals surface area contributed by atoms with Crippen LogP contribution in [-0.4, -0.2) is 27.3 Å². The number of halogens is 2. The van der Waals surface area contributed by atoms with Crippen LogP contribution in [0, 0.1) is 0 Å². The summed E-state index contributed by atoms with van der Waals surface area (Å²) in [6, 6.07) is 12.8. The smallest absolute Gasteiger partial charge is 0.220 e. The predicted molar refractivity (Wildman–Crippen MR) is 104 cm³/mol. The second-order valence-corrected chi connectivity index (χ2v) is 6.65. The van der Waals surface area contributed by atoms with Crippen molar-refractivity contribution in [2.75, 3.05) is 6.61 Å². The molecule has 0 aliphatic carbocycles. The molecular weight excluding hydrogens is 387 g/mol. The molecule has 140 valence electrons. The molecule has 0 atom stereocenters. The van der Waals surface area contributed by atoms with Crippen molar-refractivity contribution < 1.29 is 9.53 Å². The van der Waals surface area contributed by atoms with Crippen molar-refractivity contribution in [2.24, 2.45) is 0 Å². The molecular formula is C19H18Cl2N4O2. The molecule has 0 radical (unpaired) electrons. The maximum atomic E-state index is 12.0. The molecule has 3 rings (SSSR count). The van der Waals surface area contributed by atoms with Gasteiger partial charge in [-0.05, 0) is 42.3 Å². The van der Waals surface area contributed by atoms with Crippen LogP contribution in [0.3, 0.4) is 0 Å². The van der Waals surface area contributed by atoms with E-state index >= 15 is 0 Å². The minimum absolute atomic E-state index is 0.0267. The van der Waals surface area contributed by atoms with Crippen molar-refractivity contribution in [3.05, 3.63) is 70.7 Å². The van der Waals surface area contributed by atoms with Crippen molar-refractivity contribution in [1.29, 1.82) is 0 Å². The van der Waals surface area contributed by atoms with Crippen LogP contribution in [0.1, 0.15) is 18.4 Å². The van der Waals surface area contributed by atoms with E-state index in [1.165, 1.54) is 6.33 Å². The number of amides is 1. The number of aromatic nitrogens is 3. The third kappa shape index (κ3) is 5.70. The summed E-state index contributed by atoms with van der Waals surface area (Å²) in [7, 11) is 0. The van der Waals surface area contributed by atoms with Crippen LogP contribution in [0.25, 0.3) is 5.69 Å². The number of hydrogen-bond acceptors (Lipinski definition) is 4. The van der Waals surface area contributed by atoms with Crippen LogP contribution in [0.2, 0.25) is 10.0 Å². The first-order chi connectivity index (χ1) is 13.1. The van der Waals surface area contributed by atoms with Crippen LogP contribution in [0.15, 0.2) is 55.1 Å². The molecule has 8 heteroatoms. The molecule has 0 aliphatic heterocycles. The van der Waals surface area contributed by atoms with Gasteiger partial charge in [0.2, 0.25) is 5.91 Å². The number of carbonyl (C=O) groups excluding carboxylic acids is 1. The van der Waals surface area contributed by atoms with E-state index in [4.69, 9.17) is 27.9 Å². The number of rotatable bonds is 8. The summed E-state index contributed by atoms with van der Waals surface area (Å²) in [5.41, 5.74) is 1.93. The zero-order chi connectivity index (χ0) is 19.1. The summed E-state index contributed by atoms with van der Waals surface area (Å²) in [4.78, 5) is 15.9. The number of carbonyl (C=O) groups is 1. The topological polar surface area (TPSA) is 69.0 Å². The third-order valence-corrected chi connectivity index (χ3v) is 4.34. The Balaban J connectivity index is 1.37. The molecule has 0 unspecified atom stereocenters. The Labute approximate surface area is 167 Å². The first-order valence-electron chi connectivity index (χ1n) is 8.40. The quantitative estimate of drug-likeness (QED) is 0.574. The minimum atomic E-state index is -0.0267. The number of nitrogens with one attached hydrogen (secondary N) is 1. The molecule has 1 amide bonds. The highest BCUT2D eigenvalue weighted by molar-refractivity contribution is 6.35. The lowest BCUT2D eigenvalue weighted by atomic mass is 10.2. The average molecular weight is 405 g/mol. The summed E-state index contributed by atoms with van der Waals surface area (Å²) < 4.78 is 7.25. The second-order valence-electron chi connectivity index (χ2n) is 5.81. The fourth-order valence-electron chi connectivity index (χ4n) is 2.40. The number of benzene rings is 2. The molecule has 1 N–H and O–H groups in total. The zero-order valence-corrected chi connectivity index (χ0v) is 16.0. The maximum absolute atomic E-state index is 12.0. The summed E-state index contributed by atoms with van der Waals surface area (Å²) in [6.45, 7) is 0.877. The second kappa shape index (κ2) is 9.39.